The molecule has 36 heavy (non-hydrogen) atoms. The van der Waals surface area contributed by atoms with Crippen LogP contribution in [0.5, 0.6) is 0 Å². The Balaban J connectivity index is 1.62. The molecule has 0 aliphatic carbocycles. The van der Waals surface area contributed by atoms with E-state index in [0.717, 1.165) is 12.8 Å². The second-order valence-corrected chi connectivity index (χ2v) is 9.98. The fraction of sp³-hybridized carbons (Fsp3) is 0.259. The molecule has 3 unspecified atom stereocenters. The summed E-state index contributed by atoms with van der Waals surface area (Å²) >= 11 is 6.39. The zero-order chi connectivity index (χ0) is 25.2. The van der Waals surface area contributed by atoms with Crippen LogP contribution in [-0.2, 0) is 10.3 Å². The molecule has 182 valence electrons. The molecule has 2 fully saturated rings. The van der Waals surface area contributed by atoms with Gasteiger partial charge in [0.15, 0.2) is 5.78 Å². The Morgan fingerprint density at radius 2 is 1.92 bits per heavy atom. The summed E-state index contributed by atoms with van der Waals surface area (Å²) in [6.45, 7) is 0.586. The second kappa shape index (κ2) is 8.21. The number of hydrogen-bond donors (Lipinski definition) is 1. The minimum Gasteiger partial charge on any atom is -0.324 e. The first kappa shape index (κ1) is 22.8. The van der Waals surface area contributed by atoms with Gasteiger partial charge >= 0.3 is 0 Å². The zero-order valence-electron chi connectivity index (χ0n) is 19.0. The molecule has 0 bridgehead atoms. The van der Waals surface area contributed by atoms with Crippen LogP contribution in [0.4, 0.5) is 15.8 Å². The van der Waals surface area contributed by atoms with Crippen molar-refractivity contribution in [3.63, 3.8) is 0 Å². The number of ketones is 1. The van der Waals surface area contributed by atoms with Crippen LogP contribution in [0, 0.1) is 21.8 Å². The number of anilines is 1. The van der Waals surface area contributed by atoms with Gasteiger partial charge in [-0.3, -0.25) is 24.6 Å². The molecular weight excluding hydrogens is 485 g/mol. The number of benzene rings is 3. The van der Waals surface area contributed by atoms with Gasteiger partial charge in [0, 0.05) is 45.9 Å². The number of halogens is 2. The van der Waals surface area contributed by atoms with E-state index in [1.165, 1.54) is 36.4 Å². The van der Waals surface area contributed by atoms with Crippen molar-refractivity contribution in [1.29, 1.82) is 0 Å². The molecule has 3 aromatic carbocycles. The van der Waals surface area contributed by atoms with Crippen molar-refractivity contribution >= 4 is 34.7 Å². The SMILES string of the molecule is O=C(c1ccc(F)cc1)C1C(c2cccc([N+](=O)[O-])c2)C2CCCN2[C@@]12C(=O)Nc1ccc(Cl)cc12. The van der Waals surface area contributed by atoms with Gasteiger partial charge in [0.25, 0.3) is 5.69 Å². The molecule has 3 heterocycles. The highest BCUT2D eigenvalue weighted by molar-refractivity contribution is 6.31. The van der Waals surface area contributed by atoms with E-state index >= 15 is 0 Å². The lowest BCUT2D eigenvalue weighted by molar-refractivity contribution is -0.384. The third kappa shape index (κ3) is 3.14. The summed E-state index contributed by atoms with van der Waals surface area (Å²) in [5.74, 6) is -2.51. The molecule has 9 heteroatoms. The quantitative estimate of drug-likeness (QED) is 0.295. The predicted octanol–water partition coefficient (Wildman–Crippen LogP) is 5.30. The molecule has 3 aliphatic rings. The van der Waals surface area contributed by atoms with Crippen LogP contribution in [0.1, 0.15) is 40.2 Å². The van der Waals surface area contributed by atoms with Gasteiger partial charge in [-0.15, -0.1) is 0 Å². The van der Waals surface area contributed by atoms with Crippen LogP contribution >= 0.6 is 11.6 Å². The van der Waals surface area contributed by atoms with Crippen LogP contribution in [-0.4, -0.2) is 34.1 Å². The predicted molar refractivity (Wildman–Crippen MR) is 132 cm³/mol. The molecule has 1 amide bonds. The highest BCUT2D eigenvalue weighted by atomic mass is 35.5. The number of carbonyl (C=O) groups is 2. The molecule has 2 saturated heterocycles. The first-order valence-corrected chi connectivity index (χ1v) is 12.1. The smallest absolute Gasteiger partial charge is 0.269 e. The van der Waals surface area contributed by atoms with Gasteiger partial charge in [-0.2, -0.15) is 0 Å². The number of nitrogens with one attached hydrogen (secondary N) is 1. The molecule has 1 spiro atoms. The number of fused-ring (bicyclic) bond motifs is 4. The number of hydrogen-bond acceptors (Lipinski definition) is 5. The molecular formula is C27H21ClFN3O4. The lowest BCUT2D eigenvalue weighted by atomic mass is 9.68. The number of rotatable bonds is 4. The maximum Gasteiger partial charge on any atom is 0.269 e. The van der Waals surface area contributed by atoms with Gasteiger partial charge in [0.1, 0.15) is 11.4 Å². The van der Waals surface area contributed by atoms with E-state index in [1.54, 1.807) is 30.3 Å². The van der Waals surface area contributed by atoms with Crippen molar-refractivity contribution in [2.24, 2.45) is 5.92 Å². The van der Waals surface area contributed by atoms with Gasteiger partial charge in [-0.25, -0.2) is 4.39 Å². The minimum absolute atomic E-state index is 0.0784. The second-order valence-electron chi connectivity index (χ2n) is 9.54. The van der Waals surface area contributed by atoms with E-state index in [2.05, 4.69) is 10.2 Å². The lowest BCUT2D eigenvalue weighted by Gasteiger charge is -2.37. The van der Waals surface area contributed by atoms with Crippen LogP contribution < -0.4 is 5.32 Å². The maximum absolute atomic E-state index is 14.3. The molecule has 0 aromatic heterocycles. The van der Waals surface area contributed by atoms with E-state index in [-0.39, 0.29) is 29.0 Å². The van der Waals surface area contributed by atoms with Gasteiger partial charge in [0.2, 0.25) is 5.91 Å². The summed E-state index contributed by atoms with van der Waals surface area (Å²) in [7, 11) is 0. The van der Waals surface area contributed by atoms with Crippen molar-refractivity contribution < 1.29 is 18.9 Å². The normalized spacial score (nSPS) is 26.6. The number of non-ortho nitro benzene ring substituents is 1. The van der Waals surface area contributed by atoms with Crippen LogP contribution in [0.25, 0.3) is 0 Å². The Morgan fingerprint density at radius 3 is 2.67 bits per heavy atom. The van der Waals surface area contributed by atoms with Gasteiger partial charge in [-0.05, 0) is 67.4 Å². The van der Waals surface area contributed by atoms with Crippen molar-refractivity contribution in [2.45, 2.75) is 30.3 Å². The lowest BCUT2D eigenvalue weighted by Crippen LogP contribution is -2.52. The fourth-order valence-corrected chi connectivity index (χ4v) is 6.72. The Labute approximate surface area is 211 Å². The summed E-state index contributed by atoms with van der Waals surface area (Å²) in [5, 5.41) is 15.0. The molecule has 1 N–H and O–H groups in total. The van der Waals surface area contributed by atoms with Gasteiger partial charge in [0.05, 0.1) is 10.8 Å². The Bertz CT molecular complexity index is 1430. The first-order valence-electron chi connectivity index (χ1n) is 11.7. The van der Waals surface area contributed by atoms with Crippen molar-refractivity contribution in [2.75, 3.05) is 11.9 Å². The van der Waals surface area contributed by atoms with E-state index < -0.39 is 28.1 Å². The number of carbonyl (C=O) groups excluding carboxylic acids is 2. The highest BCUT2D eigenvalue weighted by Gasteiger charge is 2.69. The van der Waals surface area contributed by atoms with E-state index in [0.29, 0.717) is 28.4 Å². The highest BCUT2D eigenvalue weighted by Crippen LogP contribution is 2.61. The summed E-state index contributed by atoms with van der Waals surface area (Å²) in [6, 6.07) is 16.5. The Kier molecular flexibility index (Phi) is 5.21. The van der Waals surface area contributed by atoms with E-state index in [1.807, 2.05) is 0 Å². The molecule has 3 aromatic rings. The standard InChI is InChI=1S/C27H21ClFN3O4/c28-17-8-11-21-20(14-17)27(26(34)30-21)24(25(33)15-6-9-18(29)10-7-15)23(22-5-2-12-31(22)27)16-3-1-4-19(13-16)32(35)36/h1,3-4,6-11,13-14,22-24H,2,5,12H2,(H,30,34)/t22?,23?,24?,27-/m1/s1. The molecule has 0 radical (unpaired) electrons. The molecule has 3 aliphatic heterocycles. The Morgan fingerprint density at radius 1 is 1.14 bits per heavy atom. The third-order valence-corrected chi connectivity index (χ3v) is 8.07. The van der Waals surface area contributed by atoms with Crippen molar-refractivity contribution in [3.8, 4) is 0 Å². The van der Waals surface area contributed by atoms with Crippen molar-refractivity contribution in [1.82, 2.24) is 4.90 Å². The summed E-state index contributed by atoms with van der Waals surface area (Å²) in [4.78, 5) is 41.4. The number of nitrogens with zero attached hydrogens (tertiary/aromatic N) is 2. The first-order chi connectivity index (χ1) is 17.3. The summed E-state index contributed by atoms with van der Waals surface area (Å²) in [6.07, 6.45) is 1.55. The zero-order valence-corrected chi connectivity index (χ0v) is 19.7. The Hall–Kier alpha value is -3.62. The number of nitro benzene ring substituents is 1. The topological polar surface area (TPSA) is 92.5 Å². The maximum atomic E-state index is 14.3. The summed E-state index contributed by atoms with van der Waals surface area (Å²) in [5.41, 5.74) is 0.696. The fourth-order valence-electron chi connectivity index (χ4n) is 6.55. The van der Waals surface area contributed by atoms with E-state index in [4.69, 9.17) is 11.6 Å². The van der Waals surface area contributed by atoms with Crippen molar-refractivity contribution in [3.05, 3.63) is 104 Å². The molecule has 0 saturated carbocycles. The molecule has 4 atom stereocenters. The summed E-state index contributed by atoms with van der Waals surface area (Å²) < 4.78 is 13.7. The van der Waals surface area contributed by atoms with Crippen LogP contribution in [0.3, 0.4) is 0 Å². The largest absolute Gasteiger partial charge is 0.324 e. The number of Topliss-reactive ketones (excluding diaryl/α,β-unsaturated/α-hetero) is 1. The van der Waals surface area contributed by atoms with E-state index in [9.17, 15) is 24.1 Å². The monoisotopic (exact) mass is 505 g/mol. The third-order valence-electron chi connectivity index (χ3n) is 7.84. The molecule has 7 nitrogen and oxygen atoms in total. The van der Waals surface area contributed by atoms with Gasteiger partial charge in [-0.1, -0.05) is 23.7 Å². The van der Waals surface area contributed by atoms with Crippen LogP contribution in [0.2, 0.25) is 5.02 Å². The van der Waals surface area contributed by atoms with Crippen LogP contribution in [0.15, 0.2) is 66.7 Å². The number of nitro groups is 1. The van der Waals surface area contributed by atoms with Gasteiger partial charge < -0.3 is 5.32 Å². The number of amides is 1. The average Bonchev–Trinajstić information content (AvgIpc) is 3.52. The minimum atomic E-state index is -1.35. The average molecular weight is 506 g/mol. The molecule has 6 rings (SSSR count).